The van der Waals surface area contributed by atoms with Gasteiger partial charge < -0.3 is 24.8 Å². The highest BCUT2D eigenvalue weighted by Crippen LogP contribution is 2.35. The van der Waals surface area contributed by atoms with E-state index in [1.54, 1.807) is 13.3 Å². The highest BCUT2D eigenvalue weighted by molar-refractivity contribution is 5.95. The molecule has 0 spiro atoms. The Morgan fingerprint density at radius 3 is 2.47 bits per heavy atom. The normalized spacial score (nSPS) is 18.3. The average Bonchev–Trinajstić information content (AvgIpc) is 2.82. The predicted molar refractivity (Wildman–Crippen MR) is 126 cm³/mol. The van der Waals surface area contributed by atoms with Crippen molar-refractivity contribution in [3.8, 4) is 17.0 Å². The molecule has 0 radical (unpaired) electrons. The Labute approximate surface area is 190 Å². The van der Waals surface area contributed by atoms with Crippen molar-refractivity contribution in [2.24, 2.45) is 5.73 Å². The molecule has 7 nitrogen and oxygen atoms in total. The van der Waals surface area contributed by atoms with Crippen LogP contribution in [0.3, 0.4) is 0 Å². The van der Waals surface area contributed by atoms with Crippen molar-refractivity contribution in [1.29, 1.82) is 0 Å². The predicted octanol–water partition coefficient (Wildman–Crippen LogP) is 3.97. The number of ether oxygens (including phenoxy) is 3. The van der Waals surface area contributed by atoms with Gasteiger partial charge in [-0.2, -0.15) is 0 Å². The summed E-state index contributed by atoms with van der Waals surface area (Å²) in [7, 11) is 3.05. The monoisotopic (exact) mass is 441 g/mol. The zero-order chi connectivity index (χ0) is 23.1. The number of benzene rings is 1. The Morgan fingerprint density at radius 1 is 1.12 bits per heavy atom. The van der Waals surface area contributed by atoms with E-state index in [-0.39, 0.29) is 5.97 Å². The molecule has 1 aliphatic rings. The Kier molecular flexibility index (Phi) is 8.47. The number of hydrogen-bond donors (Lipinski definition) is 1. The molecule has 1 heterocycles. The molecule has 2 N–H and O–H groups in total. The van der Waals surface area contributed by atoms with E-state index in [0.29, 0.717) is 36.7 Å². The van der Waals surface area contributed by atoms with E-state index in [1.165, 1.54) is 7.11 Å². The fourth-order valence-corrected chi connectivity index (χ4v) is 4.39. The maximum Gasteiger partial charge on any atom is 0.338 e. The van der Waals surface area contributed by atoms with Crippen LogP contribution in [0.5, 0.6) is 5.88 Å². The number of nitrogens with zero attached hydrogens (tertiary/aromatic N) is 2. The van der Waals surface area contributed by atoms with Crippen LogP contribution < -0.4 is 15.4 Å². The largest absolute Gasteiger partial charge is 0.475 e. The minimum absolute atomic E-state index is 0.290. The summed E-state index contributed by atoms with van der Waals surface area (Å²) in [5.74, 6) is 0.208. The van der Waals surface area contributed by atoms with Crippen LogP contribution in [0, 0.1) is 6.92 Å². The topological polar surface area (TPSA) is 86.9 Å². The van der Waals surface area contributed by atoms with Gasteiger partial charge in [0.2, 0.25) is 5.88 Å². The van der Waals surface area contributed by atoms with E-state index in [2.05, 4.69) is 22.9 Å². The van der Waals surface area contributed by atoms with Gasteiger partial charge in [-0.1, -0.05) is 0 Å². The van der Waals surface area contributed by atoms with E-state index in [1.807, 2.05) is 25.1 Å². The fraction of sp³-hybridized carbons (Fsp3) is 0.520. The van der Waals surface area contributed by atoms with Crippen LogP contribution >= 0.6 is 0 Å². The van der Waals surface area contributed by atoms with Crippen LogP contribution in [-0.4, -0.2) is 57.0 Å². The Bertz CT molecular complexity index is 893. The second-order valence-electron chi connectivity index (χ2n) is 8.24. The number of pyridine rings is 1. The summed E-state index contributed by atoms with van der Waals surface area (Å²) in [6, 6.07) is 8.54. The van der Waals surface area contributed by atoms with Crippen LogP contribution in [0.2, 0.25) is 0 Å². The highest BCUT2D eigenvalue weighted by Gasteiger charge is 2.26. The summed E-state index contributed by atoms with van der Waals surface area (Å²) in [5.41, 5.74) is 10.5. The Hall–Kier alpha value is -2.64. The quantitative estimate of drug-likeness (QED) is 0.465. The number of methoxy groups -OCH3 is 2. The molecule has 1 fully saturated rings. The van der Waals surface area contributed by atoms with Crippen molar-refractivity contribution in [3.63, 3.8) is 0 Å². The van der Waals surface area contributed by atoms with Crippen LogP contribution in [0.15, 0.2) is 30.5 Å². The summed E-state index contributed by atoms with van der Waals surface area (Å²) in [5, 5.41) is 0. The zero-order valence-electron chi connectivity index (χ0n) is 19.6. The Morgan fingerprint density at radius 2 is 1.88 bits per heavy atom. The molecule has 1 aliphatic carbocycles. The van der Waals surface area contributed by atoms with E-state index in [9.17, 15) is 4.79 Å². The number of rotatable bonds is 9. The third kappa shape index (κ3) is 5.58. The molecule has 0 amide bonds. The van der Waals surface area contributed by atoms with Gasteiger partial charge in [-0.3, -0.25) is 0 Å². The smallest absolute Gasteiger partial charge is 0.338 e. The number of aromatic nitrogens is 1. The fourth-order valence-electron chi connectivity index (χ4n) is 4.39. The molecule has 1 aromatic carbocycles. The summed E-state index contributed by atoms with van der Waals surface area (Å²) in [6.07, 6.45) is 5.94. The van der Waals surface area contributed by atoms with Gasteiger partial charge in [0.15, 0.2) is 0 Å². The summed E-state index contributed by atoms with van der Waals surface area (Å²) in [6.45, 7) is 5.96. The van der Waals surface area contributed by atoms with E-state index >= 15 is 0 Å². The number of carbonyl (C=O) groups excluding carboxylic acids is 1. The van der Waals surface area contributed by atoms with Gasteiger partial charge in [0, 0.05) is 49.3 Å². The molecule has 0 saturated heterocycles. The van der Waals surface area contributed by atoms with Gasteiger partial charge in [-0.25, -0.2) is 9.78 Å². The minimum Gasteiger partial charge on any atom is -0.475 e. The standard InChI is InChI=1S/C25H35N3O4/c1-5-28(21-9-7-20(26)8-10-21)23-15-19(14-22(17(23)2)25(29)31-4)18-6-11-24(27-16-18)32-13-12-30-3/h6,11,14-16,20-21H,5,7-10,12-13,26H2,1-4H3. The number of nitrogens with two attached hydrogens (primary N) is 1. The average molecular weight is 442 g/mol. The Balaban J connectivity index is 1.97. The lowest BCUT2D eigenvalue weighted by Gasteiger charge is -2.38. The molecular formula is C25H35N3O4. The highest BCUT2D eigenvalue weighted by atomic mass is 16.5. The molecule has 0 aliphatic heterocycles. The van der Waals surface area contributed by atoms with Crippen molar-refractivity contribution in [3.05, 3.63) is 41.6 Å². The molecule has 3 rings (SSSR count). The molecule has 2 aromatic rings. The van der Waals surface area contributed by atoms with Crippen LogP contribution in [0.25, 0.3) is 11.1 Å². The molecule has 0 bridgehead atoms. The first-order chi connectivity index (χ1) is 15.5. The lowest BCUT2D eigenvalue weighted by atomic mass is 9.89. The van der Waals surface area contributed by atoms with Crippen molar-refractivity contribution in [2.45, 2.75) is 51.6 Å². The van der Waals surface area contributed by atoms with Crippen molar-refractivity contribution < 1.29 is 19.0 Å². The number of esters is 1. The maximum atomic E-state index is 12.6. The van der Waals surface area contributed by atoms with Gasteiger partial charge in [-0.05, 0) is 68.9 Å². The molecule has 174 valence electrons. The number of anilines is 1. The summed E-state index contributed by atoms with van der Waals surface area (Å²) < 4.78 is 15.7. The van der Waals surface area contributed by atoms with Crippen LogP contribution in [0.1, 0.15) is 48.5 Å². The SMILES string of the molecule is CCN(c1cc(-c2ccc(OCCOC)nc2)cc(C(=O)OC)c1C)C1CCC(N)CC1. The summed E-state index contributed by atoms with van der Waals surface area (Å²) in [4.78, 5) is 19.4. The second kappa shape index (κ2) is 11.3. The van der Waals surface area contributed by atoms with E-state index in [4.69, 9.17) is 19.9 Å². The molecule has 7 heteroatoms. The minimum atomic E-state index is -0.334. The van der Waals surface area contributed by atoms with E-state index < -0.39 is 0 Å². The van der Waals surface area contributed by atoms with Crippen molar-refractivity contribution >= 4 is 11.7 Å². The molecule has 0 atom stereocenters. The number of hydrogen-bond acceptors (Lipinski definition) is 7. The van der Waals surface area contributed by atoms with E-state index in [0.717, 1.165) is 54.6 Å². The van der Waals surface area contributed by atoms with Gasteiger partial charge in [0.05, 0.1) is 19.3 Å². The third-order valence-corrected chi connectivity index (χ3v) is 6.22. The molecule has 0 unspecified atom stereocenters. The molecule has 1 saturated carbocycles. The summed E-state index contributed by atoms with van der Waals surface area (Å²) >= 11 is 0. The van der Waals surface area contributed by atoms with Crippen LogP contribution in [-0.2, 0) is 9.47 Å². The molecule has 32 heavy (non-hydrogen) atoms. The van der Waals surface area contributed by atoms with Gasteiger partial charge in [-0.15, -0.1) is 0 Å². The maximum absolute atomic E-state index is 12.6. The first-order valence-corrected chi connectivity index (χ1v) is 11.3. The van der Waals surface area contributed by atoms with Gasteiger partial charge in [0.25, 0.3) is 0 Å². The van der Waals surface area contributed by atoms with Crippen molar-refractivity contribution in [2.75, 3.05) is 38.9 Å². The van der Waals surface area contributed by atoms with Gasteiger partial charge in [0.1, 0.15) is 6.61 Å². The third-order valence-electron chi connectivity index (χ3n) is 6.22. The first-order valence-electron chi connectivity index (χ1n) is 11.3. The van der Waals surface area contributed by atoms with Crippen molar-refractivity contribution in [1.82, 2.24) is 4.98 Å². The van der Waals surface area contributed by atoms with Gasteiger partial charge >= 0.3 is 5.97 Å². The molecular weight excluding hydrogens is 406 g/mol. The second-order valence-corrected chi connectivity index (χ2v) is 8.24. The lowest BCUT2D eigenvalue weighted by Crippen LogP contribution is -2.41. The first kappa shape index (κ1) is 24.0. The van der Waals surface area contributed by atoms with Crippen LogP contribution in [0.4, 0.5) is 5.69 Å². The number of carbonyl (C=O) groups is 1. The zero-order valence-corrected chi connectivity index (χ0v) is 19.6. The lowest BCUT2D eigenvalue weighted by molar-refractivity contribution is 0.0600. The molecule has 1 aromatic heterocycles.